The van der Waals surface area contributed by atoms with Crippen LogP contribution in [0.25, 0.3) is 11.1 Å². The van der Waals surface area contributed by atoms with Crippen LogP contribution in [0.2, 0.25) is 0 Å². The average molecular weight is 361 g/mol. The van der Waals surface area contributed by atoms with Crippen molar-refractivity contribution in [3.8, 4) is 16.9 Å². The molecule has 0 amide bonds. The van der Waals surface area contributed by atoms with E-state index >= 15 is 0 Å². The molecular weight excluding hydrogens is 338 g/mol. The van der Waals surface area contributed by atoms with Gasteiger partial charge in [0.1, 0.15) is 0 Å². The fourth-order valence-corrected chi connectivity index (χ4v) is 3.39. The van der Waals surface area contributed by atoms with Gasteiger partial charge in [0, 0.05) is 18.7 Å². The van der Waals surface area contributed by atoms with Crippen molar-refractivity contribution in [1.82, 2.24) is 10.3 Å². The van der Waals surface area contributed by atoms with Gasteiger partial charge in [-0.25, -0.2) is 0 Å². The first kappa shape index (κ1) is 17.5. The predicted octanol–water partition coefficient (Wildman–Crippen LogP) is 3.64. The van der Waals surface area contributed by atoms with E-state index in [1.54, 1.807) is 6.20 Å². The van der Waals surface area contributed by atoms with Crippen LogP contribution in [0.3, 0.4) is 0 Å². The quantitative estimate of drug-likeness (QED) is 0.585. The summed E-state index contributed by atoms with van der Waals surface area (Å²) in [4.78, 5) is 4.43. The second-order valence-electron chi connectivity index (χ2n) is 6.60. The summed E-state index contributed by atoms with van der Waals surface area (Å²) in [5.74, 6) is 0.760. The monoisotopic (exact) mass is 361 g/mol. The van der Waals surface area contributed by atoms with Crippen molar-refractivity contribution in [2.75, 3.05) is 18.5 Å². The van der Waals surface area contributed by atoms with E-state index in [1.165, 1.54) is 16.7 Å². The van der Waals surface area contributed by atoms with Crippen LogP contribution in [0.1, 0.15) is 23.0 Å². The van der Waals surface area contributed by atoms with E-state index in [2.05, 4.69) is 65.0 Å². The standard InChI is InChI=1S/C22H23N3O2/c1-15-18(16-6-3-2-4-7-16)8-5-9-19(15)22-25-20-12-17(13-23-10-11-26)24-14-21(20)27-22/h2-9,12,14,22-23,25-26H,10-11,13H2,1H3. The van der Waals surface area contributed by atoms with E-state index in [1.807, 2.05) is 12.1 Å². The minimum absolute atomic E-state index is 0.116. The summed E-state index contributed by atoms with van der Waals surface area (Å²) in [6, 6.07) is 18.7. The van der Waals surface area contributed by atoms with Gasteiger partial charge < -0.3 is 20.5 Å². The highest BCUT2D eigenvalue weighted by atomic mass is 16.5. The van der Waals surface area contributed by atoms with Crippen molar-refractivity contribution in [3.63, 3.8) is 0 Å². The highest BCUT2D eigenvalue weighted by Crippen LogP contribution is 2.39. The number of nitrogens with zero attached hydrogens (tertiary/aromatic N) is 1. The number of aliphatic hydroxyl groups is 1. The van der Waals surface area contributed by atoms with Crippen LogP contribution in [-0.4, -0.2) is 23.2 Å². The largest absolute Gasteiger partial charge is 0.463 e. The van der Waals surface area contributed by atoms with Crippen molar-refractivity contribution >= 4 is 5.69 Å². The number of nitrogens with one attached hydrogen (secondary N) is 2. The Bertz CT molecular complexity index is 928. The molecule has 3 aromatic rings. The van der Waals surface area contributed by atoms with E-state index in [0.717, 1.165) is 22.7 Å². The second-order valence-corrected chi connectivity index (χ2v) is 6.60. The summed E-state index contributed by atoms with van der Waals surface area (Å²) >= 11 is 0. The molecule has 0 fully saturated rings. The van der Waals surface area contributed by atoms with Gasteiger partial charge in [-0.2, -0.15) is 0 Å². The van der Waals surface area contributed by atoms with Crippen LogP contribution in [0.5, 0.6) is 5.75 Å². The van der Waals surface area contributed by atoms with Crippen LogP contribution in [0, 0.1) is 6.92 Å². The summed E-state index contributed by atoms with van der Waals surface area (Å²) in [5, 5.41) is 15.5. The van der Waals surface area contributed by atoms with E-state index in [9.17, 15) is 0 Å². The van der Waals surface area contributed by atoms with Crippen molar-refractivity contribution in [3.05, 3.63) is 77.6 Å². The Hall–Kier alpha value is -2.89. The minimum atomic E-state index is -0.230. The summed E-state index contributed by atoms with van der Waals surface area (Å²) in [5.41, 5.74) is 6.58. The third kappa shape index (κ3) is 3.65. The maximum absolute atomic E-state index is 8.88. The van der Waals surface area contributed by atoms with Gasteiger partial charge in [0.05, 0.1) is 24.2 Å². The van der Waals surface area contributed by atoms with E-state index in [0.29, 0.717) is 13.1 Å². The number of pyridine rings is 1. The third-order valence-electron chi connectivity index (χ3n) is 4.79. The number of hydrogen-bond donors (Lipinski definition) is 3. The molecular formula is C22H23N3O2. The topological polar surface area (TPSA) is 66.4 Å². The van der Waals surface area contributed by atoms with E-state index < -0.39 is 0 Å². The molecule has 4 rings (SSSR count). The van der Waals surface area contributed by atoms with Gasteiger partial charge in [-0.05, 0) is 29.7 Å². The Morgan fingerprint density at radius 3 is 2.81 bits per heavy atom. The maximum Gasteiger partial charge on any atom is 0.197 e. The van der Waals surface area contributed by atoms with Gasteiger partial charge >= 0.3 is 0 Å². The minimum Gasteiger partial charge on any atom is -0.463 e. The SMILES string of the molecule is Cc1c(-c2ccccc2)cccc1C1Nc2cc(CNCCO)ncc2O1. The van der Waals surface area contributed by atoms with Gasteiger partial charge in [0.15, 0.2) is 12.0 Å². The Balaban J connectivity index is 1.56. The van der Waals surface area contributed by atoms with Crippen LogP contribution < -0.4 is 15.4 Å². The summed E-state index contributed by atoms with van der Waals surface area (Å²) in [6.45, 7) is 3.42. The first-order valence-electron chi connectivity index (χ1n) is 9.15. The molecule has 5 nitrogen and oxygen atoms in total. The molecule has 27 heavy (non-hydrogen) atoms. The number of aliphatic hydroxyl groups excluding tert-OH is 1. The summed E-state index contributed by atoms with van der Waals surface area (Å²) in [6.07, 6.45) is 1.53. The third-order valence-corrected chi connectivity index (χ3v) is 4.79. The van der Waals surface area contributed by atoms with Crippen LogP contribution >= 0.6 is 0 Å². The summed E-state index contributed by atoms with van der Waals surface area (Å²) < 4.78 is 6.11. The molecule has 1 aliphatic rings. The molecule has 1 atom stereocenters. The Kier molecular flexibility index (Phi) is 5.05. The number of fused-ring (bicyclic) bond motifs is 1. The number of benzene rings is 2. The van der Waals surface area contributed by atoms with Crippen LogP contribution in [-0.2, 0) is 6.54 Å². The second kappa shape index (κ2) is 7.78. The van der Waals surface area contributed by atoms with Gasteiger partial charge in [0.2, 0.25) is 0 Å². The molecule has 138 valence electrons. The lowest BCUT2D eigenvalue weighted by molar-refractivity contribution is 0.258. The fraction of sp³-hybridized carbons (Fsp3) is 0.227. The zero-order valence-electron chi connectivity index (χ0n) is 15.3. The van der Waals surface area contributed by atoms with Crippen molar-refractivity contribution in [2.45, 2.75) is 19.7 Å². The molecule has 1 aromatic heterocycles. The first-order valence-corrected chi connectivity index (χ1v) is 9.15. The Labute approximate surface area is 159 Å². The average Bonchev–Trinajstić information content (AvgIpc) is 3.12. The van der Waals surface area contributed by atoms with Crippen LogP contribution in [0.15, 0.2) is 60.8 Å². The maximum atomic E-state index is 8.88. The van der Waals surface area contributed by atoms with Gasteiger partial charge in [0.25, 0.3) is 0 Å². The predicted molar refractivity (Wildman–Crippen MR) is 107 cm³/mol. The molecule has 3 N–H and O–H groups in total. The van der Waals surface area contributed by atoms with Crippen LogP contribution in [0.4, 0.5) is 5.69 Å². The summed E-state index contributed by atoms with van der Waals surface area (Å²) in [7, 11) is 0. The number of ether oxygens (including phenoxy) is 1. The molecule has 0 spiro atoms. The molecule has 0 bridgehead atoms. The molecule has 0 aliphatic carbocycles. The van der Waals surface area contributed by atoms with Gasteiger partial charge in [-0.1, -0.05) is 48.5 Å². The van der Waals surface area contributed by atoms with E-state index in [-0.39, 0.29) is 12.8 Å². The van der Waals surface area contributed by atoms with Crippen molar-refractivity contribution in [1.29, 1.82) is 0 Å². The zero-order chi connectivity index (χ0) is 18.6. The lowest BCUT2D eigenvalue weighted by Crippen LogP contribution is -2.18. The van der Waals surface area contributed by atoms with Gasteiger partial charge in [-0.3, -0.25) is 4.98 Å². The van der Waals surface area contributed by atoms with Gasteiger partial charge in [-0.15, -0.1) is 0 Å². The molecule has 0 radical (unpaired) electrons. The Morgan fingerprint density at radius 1 is 1.15 bits per heavy atom. The smallest absolute Gasteiger partial charge is 0.197 e. The van der Waals surface area contributed by atoms with Crippen molar-refractivity contribution < 1.29 is 9.84 Å². The molecule has 1 unspecified atom stereocenters. The number of rotatable bonds is 6. The lowest BCUT2D eigenvalue weighted by Gasteiger charge is -2.17. The molecule has 0 saturated heterocycles. The molecule has 2 aromatic carbocycles. The number of aromatic nitrogens is 1. The zero-order valence-corrected chi connectivity index (χ0v) is 15.3. The highest BCUT2D eigenvalue weighted by molar-refractivity contribution is 5.69. The van der Waals surface area contributed by atoms with E-state index in [4.69, 9.17) is 9.84 Å². The fourth-order valence-electron chi connectivity index (χ4n) is 3.39. The molecule has 1 aliphatic heterocycles. The first-order chi connectivity index (χ1) is 13.3. The molecule has 0 saturated carbocycles. The number of anilines is 1. The van der Waals surface area contributed by atoms with Crippen molar-refractivity contribution in [2.24, 2.45) is 0 Å². The number of hydrogen-bond acceptors (Lipinski definition) is 5. The molecule has 2 heterocycles. The Morgan fingerprint density at radius 2 is 2.00 bits per heavy atom. The normalized spacial score (nSPS) is 15.1. The lowest BCUT2D eigenvalue weighted by atomic mass is 9.96. The highest BCUT2D eigenvalue weighted by Gasteiger charge is 2.26. The molecule has 5 heteroatoms.